The topological polar surface area (TPSA) is 83.5 Å². The molecule has 2 aliphatic heterocycles. The molecule has 2 unspecified atom stereocenters. The van der Waals surface area contributed by atoms with Crippen molar-refractivity contribution in [2.24, 2.45) is 17.0 Å². The third kappa shape index (κ3) is 3.99. The van der Waals surface area contributed by atoms with Crippen molar-refractivity contribution in [2.75, 3.05) is 43.1 Å². The van der Waals surface area contributed by atoms with Gasteiger partial charge in [-0.15, -0.1) is 0 Å². The predicted octanol–water partition coefficient (Wildman–Crippen LogP) is 2.14. The van der Waals surface area contributed by atoms with Crippen LogP contribution in [0.4, 0.5) is 20.6 Å². The molecule has 1 aromatic rings. The Labute approximate surface area is 168 Å². The Balaban J connectivity index is 1.41. The normalized spacial score (nSPS) is 25.8. The van der Waals surface area contributed by atoms with Crippen molar-refractivity contribution in [1.82, 2.24) is 5.32 Å². The first kappa shape index (κ1) is 19.5. The lowest BCUT2D eigenvalue weighted by Gasteiger charge is -2.22. The molecule has 1 saturated carbocycles. The minimum Gasteiger partial charge on any atom is -0.442 e. The maximum Gasteiger partial charge on any atom is 0.414 e. The van der Waals surface area contributed by atoms with E-state index in [1.165, 1.54) is 17.9 Å². The number of anilines is 2. The number of rotatable bonds is 5. The van der Waals surface area contributed by atoms with Crippen LogP contribution in [0.15, 0.2) is 23.4 Å². The zero-order chi connectivity index (χ0) is 20.5. The molecule has 1 aliphatic carbocycles. The Kier molecular flexibility index (Phi) is 5.29. The maximum absolute atomic E-state index is 14.9. The van der Waals surface area contributed by atoms with Crippen LogP contribution in [-0.4, -0.2) is 57.1 Å². The van der Waals surface area contributed by atoms with E-state index in [-0.39, 0.29) is 24.8 Å². The molecule has 156 valence electrons. The third-order valence-electron chi connectivity index (χ3n) is 5.83. The Bertz CT molecular complexity index is 830. The Morgan fingerprint density at radius 1 is 1.31 bits per heavy atom. The first-order valence-electron chi connectivity index (χ1n) is 9.80. The average molecular weight is 404 g/mol. The van der Waals surface area contributed by atoms with Crippen LogP contribution in [0.5, 0.6) is 0 Å². The van der Waals surface area contributed by atoms with Crippen LogP contribution in [0.25, 0.3) is 0 Å². The molecule has 2 heterocycles. The van der Waals surface area contributed by atoms with Crippen LogP contribution in [0.3, 0.4) is 0 Å². The van der Waals surface area contributed by atoms with Gasteiger partial charge in [0.25, 0.3) is 0 Å². The molecule has 4 rings (SSSR count). The lowest BCUT2D eigenvalue weighted by atomic mass is 10.0. The fourth-order valence-electron chi connectivity index (χ4n) is 4.51. The zero-order valence-electron chi connectivity index (χ0n) is 16.6. The fourth-order valence-corrected chi connectivity index (χ4v) is 4.51. The van der Waals surface area contributed by atoms with Crippen LogP contribution in [0.2, 0.25) is 0 Å². The quantitative estimate of drug-likeness (QED) is 0.761. The summed E-state index contributed by atoms with van der Waals surface area (Å²) in [7, 11) is 1.56. The molecule has 2 saturated heterocycles. The molecule has 3 atom stereocenters. The standard InChI is InChI=1S/C20H25FN4O4/c1-12(26)22-8-17-11-25(20(27)29-17)16-3-4-19(18(21)7-16)24-9-13-5-15(23-28-2)6-14(13)10-24/h3-4,7,13-14,17H,5-6,8-11H2,1-2H3,(H,22,26)/t13?,14?,17-/m0/s1. The van der Waals surface area contributed by atoms with Crippen LogP contribution in [0, 0.1) is 17.7 Å². The molecule has 2 amide bonds. The van der Waals surface area contributed by atoms with Crippen molar-refractivity contribution in [2.45, 2.75) is 25.9 Å². The summed E-state index contributed by atoms with van der Waals surface area (Å²) in [5.74, 6) is 0.384. The summed E-state index contributed by atoms with van der Waals surface area (Å²) in [5.41, 5.74) is 2.09. The molecule has 29 heavy (non-hydrogen) atoms. The first-order valence-corrected chi connectivity index (χ1v) is 9.80. The van der Waals surface area contributed by atoms with E-state index >= 15 is 0 Å². The first-order chi connectivity index (χ1) is 13.9. The predicted molar refractivity (Wildman–Crippen MR) is 106 cm³/mol. The van der Waals surface area contributed by atoms with E-state index in [1.54, 1.807) is 19.2 Å². The fraction of sp³-hybridized carbons (Fsp3) is 0.550. The summed E-state index contributed by atoms with van der Waals surface area (Å²) in [6.45, 7) is 3.49. The molecule has 9 heteroatoms. The van der Waals surface area contributed by atoms with E-state index in [2.05, 4.69) is 15.4 Å². The van der Waals surface area contributed by atoms with Crippen LogP contribution >= 0.6 is 0 Å². The van der Waals surface area contributed by atoms with Crippen molar-refractivity contribution in [3.05, 3.63) is 24.0 Å². The molecule has 3 aliphatic rings. The van der Waals surface area contributed by atoms with E-state index in [1.807, 2.05) is 0 Å². The van der Waals surface area contributed by atoms with E-state index < -0.39 is 12.2 Å². The zero-order valence-corrected chi connectivity index (χ0v) is 16.6. The lowest BCUT2D eigenvalue weighted by Crippen LogP contribution is -2.33. The van der Waals surface area contributed by atoms with E-state index in [0.29, 0.717) is 23.2 Å². The van der Waals surface area contributed by atoms with Gasteiger partial charge in [-0.2, -0.15) is 0 Å². The van der Waals surface area contributed by atoms with Crippen molar-refractivity contribution in [3.63, 3.8) is 0 Å². The number of fused-ring (bicyclic) bond motifs is 1. The van der Waals surface area contributed by atoms with Gasteiger partial charge in [0.1, 0.15) is 19.0 Å². The number of ether oxygens (including phenoxy) is 1. The van der Waals surface area contributed by atoms with Crippen LogP contribution < -0.4 is 15.1 Å². The van der Waals surface area contributed by atoms with Gasteiger partial charge in [-0.25, -0.2) is 9.18 Å². The van der Waals surface area contributed by atoms with E-state index in [9.17, 15) is 14.0 Å². The van der Waals surface area contributed by atoms with Gasteiger partial charge in [0.15, 0.2) is 0 Å². The molecule has 0 aromatic heterocycles. The smallest absolute Gasteiger partial charge is 0.414 e. The average Bonchev–Trinajstić information content (AvgIpc) is 3.33. The summed E-state index contributed by atoms with van der Waals surface area (Å²) in [5, 5.41) is 6.69. The SMILES string of the molecule is CON=C1CC2CN(c3ccc(N4C[C@H](CNC(C)=O)OC4=O)cc3F)CC2C1. The van der Waals surface area contributed by atoms with Crippen molar-refractivity contribution >= 4 is 29.1 Å². The van der Waals surface area contributed by atoms with Crippen molar-refractivity contribution in [1.29, 1.82) is 0 Å². The number of nitrogens with zero attached hydrogens (tertiary/aromatic N) is 3. The third-order valence-corrected chi connectivity index (χ3v) is 5.83. The summed E-state index contributed by atoms with van der Waals surface area (Å²) < 4.78 is 20.1. The minimum atomic E-state index is -0.534. The summed E-state index contributed by atoms with van der Waals surface area (Å²) in [6.07, 6.45) is 0.803. The highest BCUT2D eigenvalue weighted by atomic mass is 19.1. The van der Waals surface area contributed by atoms with Gasteiger partial charge < -0.3 is 19.8 Å². The summed E-state index contributed by atoms with van der Waals surface area (Å²) in [4.78, 5) is 31.5. The van der Waals surface area contributed by atoms with Crippen LogP contribution in [-0.2, 0) is 14.4 Å². The molecule has 1 N–H and O–H groups in total. The van der Waals surface area contributed by atoms with E-state index in [4.69, 9.17) is 9.57 Å². The number of halogens is 1. The highest BCUT2D eigenvalue weighted by Gasteiger charge is 2.40. The molecule has 0 bridgehead atoms. The van der Waals surface area contributed by atoms with Gasteiger partial charge in [0, 0.05) is 20.0 Å². The second kappa shape index (κ2) is 7.88. The summed E-state index contributed by atoms with van der Waals surface area (Å²) in [6, 6.07) is 4.85. The lowest BCUT2D eigenvalue weighted by molar-refractivity contribution is -0.119. The monoisotopic (exact) mass is 404 g/mol. The Morgan fingerprint density at radius 2 is 2.03 bits per heavy atom. The molecule has 0 spiro atoms. The molecular weight excluding hydrogens is 379 g/mol. The molecule has 8 nitrogen and oxygen atoms in total. The Morgan fingerprint density at radius 3 is 2.66 bits per heavy atom. The number of cyclic esters (lactones) is 1. The number of benzene rings is 1. The number of nitrogens with one attached hydrogen (secondary N) is 1. The molecular formula is C20H25FN4O4. The number of amides is 2. The number of carbonyl (C=O) groups is 2. The highest BCUT2D eigenvalue weighted by Crippen LogP contribution is 2.40. The summed E-state index contributed by atoms with van der Waals surface area (Å²) >= 11 is 0. The van der Waals surface area contributed by atoms with Gasteiger partial charge in [-0.3, -0.25) is 9.69 Å². The number of carbonyl (C=O) groups excluding carboxylic acids is 2. The van der Waals surface area contributed by atoms with Gasteiger partial charge in [-0.05, 0) is 42.9 Å². The largest absolute Gasteiger partial charge is 0.442 e. The second-order valence-electron chi connectivity index (χ2n) is 7.86. The van der Waals surface area contributed by atoms with Crippen molar-refractivity contribution < 1.29 is 23.6 Å². The molecule has 3 fully saturated rings. The molecule has 1 aromatic carbocycles. The number of hydrogen-bond donors (Lipinski definition) is 1. The van der Waals surface area contributed by atoms with Gasteiger partial charge >= 0.3 is 6.09 Å². The van der Waals surface area contributed by atoms with Gasteiger partial charge in [0.05, 0.1) is 30.2 Å². The van der Waals surface area contributed by atoms with E-state index in [0.717, 1.165) is 31.6 Å². The number of oxime groups is 1. The number of hydrogen-bond acceptors (Lipinski definition) is 6. The van der Waals surface area contributed by atoms with Gasteiger partial charge in [-0.1, -0.05) is 5.16 Å². The minimum absolute atomic E-state index is 0.189. The highest BCUT2D eigenvalue weighted by molar-refractivity contribution is 5.90. The Hall–Kier alpha value is -2.84. The second-order valence-corrected chi connectivity index (χ2v) is 7.86. The molecule has 0 radical (unpaired) electrons. The van der Waals surface area contributed by atoms with Crippen molar-refractivity contribution in [3.8, 4) is 0 Å². The van der Waals surface area contributed by atoms with Crippen LogP contribution in [0.1, 0.15) is 19.8 Å². The van der Waals surface area contributed by atoms with Gasteiger partial charge in [0.2, 0.25) is 5.91 Å². The maximum atomic E-state index is 14.9.